The lowest BCUT2D eigenvalue weighted by molar-refractivity contribution is 0.0955. The van der Waals surface area contributed by atoms with Gasteiger partial charge in [-0.25, -0.2) is 5.43 Å². The van der Waals surface area contributed by atoms with Crippen molar-refractivity contribution >= 4 is 67.2 Å². The first-order valence-corrected chi connectivity index (χ1v) is 11.8. The largest absolute Gasteiger partial charge is 0.490 e. The lowest BCUT2D eigenvalue weighted by atomic mass is 10.2. The highest BCUT2D eigenvalue weighted by Crippen LogP contribution is 2.34. The topological polar surface area (TPSA) is 59.9 Å². The fourth-order valence-corrected chi connectivity index (χ4v) is 3.62. The van der Waals surface area contributed by atoms with E-state index < -0.39 is 5.91 Å². The molecule has 3 rings (SSSR count). The van der Waals surface area contributed by atoms with E-state index >= 15 is 0 Å². The normalized spacial score (nSPS) is 10.9. The first-order valence-electron chi connectivity index (χ1n) is 9.49. The summed E-state index contributed by atoms with van der Waals surface area (Å²) in [6.45, 7) is 2.76. The molecular weight excluding hydrogens is 583 g/mol. The Morgan fingerprint density at radius 2 is 1.72 bits per heavy atom. The van der Waals surface area contributed by atoms with Gasteiger partial charge >= 0.3 is 0 Å². The van der Waals surface area contributed by atoms with Crippen LogP contribution in [0, 0.1) is 0 Å². The molecule has 0 aliphatic carbocycles. The highest BCUT2D eigenvalue weighted by atomic mass is 79.9. The second-order valence-electron chi connectivity index (χ2n) is 6.50. The van der Waals surface area contributed by atoms with Gasteiger partial charge in [0.1, 0.15) is 6.61 Å². The summed E-state index contributed by atoms with van der Waals surface area (Å²) in [6.07, 6.45) is 1.51. The molecule has 9 heteroatoms. The van der Waals surface area contributed by atoms with Gasteiger partial charge in [0.15, 0.2) is 11.5 Å². The van der Waals surface area contributed by atoms with Crippen molar-refractivity contribution in [2.45, 2.75) is 13.5 Å². The molecule has 0 unspecified atom stereocenters. The average molecular weight is 601 g/mol. The van der Waals surface area contributed by atoms with Gasteiger partial charge in [-0.05, 0) is 70.9 Å². The first kappa shape index (κ1) is 24.6. The summed E-state index contributed by atoms with van der Waals surface area (Å²) in [4.78, 5) is 12.3. The van der Waals surface area contributed by atoms with Crippen LogP contribution >= 0.6 is 55.1 Å². The molecule has 0 aliphatic rings. The van der Waals surface area contributed by atoms with Crippen LogP contribution in [0.3, 0.4) is 0 Å². The molecule has 32 heavy (non-hydrogen) atoms. The first-order chi connectivity index (χ1) is 15.4. The van der Waals surface area contributed by atoms with Crippen LogP contribution in [0.5, 0.6) is 11.5 Å². The molecule has 0 atom stereocenters. The fourth-order valence-electron chi connectivity index (χ4n) is 2.63. The Morgan fingerprint density at radius 1 is 1.00 bits per heavy atom. The molecule has 5 nitrogen and oxygen atoms in total. The third-order valence-electron chi connectivity index (χ3n) is 4.22. The summed E-state index contributed by atoms with van der Waals surface area (Å²) in [7, 11) is 0. The number of rotatable bonds is 8. The highest BCUT2D eigenvalue weighted by molar-refractivity contribution is 9.10. The van der Waals surface area contributed by atoms with Crippen LogP contribution in [0.15, 0.2) is 68.6 Å². The van der Waals surface area contributed by atoms with Crippen LogP contribution in [0.1, 0.15) is 28.4 Å². The minimum absolute atomic E-state index is 0.297. The summed E-state index contributed by atoms with van der Waals surface area (Å²) in [5, 5.41) is 4.71. The van der Waals surface area contributed by atoms with E-state index in [0.29, 0.717) is 45.9 Å². The standard InChI is InChI=1S/C23H18Br2Cl2N2O3/c1-2-31-21-10-16(12-28-29-23(30)15-5-8-19(26)20(27)9-15)18(25)11-22(21)32-13-14-3-6-17(24)7-4-14/h3-12H,2,13H2,1H3,(H,29,30)/b28-12-. The average Bonchev–Trinajstić information content (AvgIpc) is 2.77. The van der Waals surface area contributed by atoms with Crippen molar-refractivity contribution in [3.8, 4) is 11.5 Å². The number of nitrogens with one attached hydrogen (secondary N) is 1. The quantitative estimate of drug-likeness (QED) is 0.219. The molecule has 1 amide bonds. The molecule has 0 radical (unpaired) electrons. The summed E-state index contributed by atoms with van der Waals surface area (Å²) in [5.74, 6) is 0.763. The maximum atomic E-state index is 12.3. The Labute approximate surface area is 213 Å². The van der Waals surface area contributed by atoms with Crippen molar-refractivity contribution in [2.24, 2.45) is 5.10 Å². The zero-order chi connectivity index (χ0) is 23.1. The molecule has 0 fully saturated rings. The Bertz CT molecular complexity index is 1140. The molecule has 0 saturated heterocycles. The van der Waals surface area contributed by atoms with E-state index in [1.165, 1.54) is 12.3 Å². The lowest BCUT2D eigenvalue weighted by Gasteiger charge is -2.14. The third-order valence-corrected chi connectivity index (χ3v) is 6.18. The van der Waals surface area contributed by atoms with E-state index in [-0.39, 0.29) is 0 Å². The molecule has 3 aromatic rings. The molecule has 0 heterocycles. The van der Waals surface area contributed by atoms with E-state index in [1.54, 1.807) is 18.2 Å². The van der Waals surface area contributed by atoms with Crippen LogP contribution < -0.4 is 14.9 Å². The molecule has 0 spiro atoms. The van der Waals surface area contributed by atoms with Gasteiger partial charge in [-0.1, -0.05) is 51.3 Å². The van der Waals surface area contributed by atoms with Crippen molar-refractivity contribution in [1.82, 2.24) is 5.43 Å². The third kappa shape index (κ3) is 6.72. The SMILES string of the molecule is CCOc1cc(/C=N\NC(=O)c2ccc(Cl)c(Cl)c2)c(Br)cc1OCc1ccc(Br)cc1. The Balaban J connectivity index is 1.72. The number of hydrogen-bond donors (Lipinski definition) is 1. The number of hydrogen-bond acceptors (Lipinski definition) is 4. The van der Waals surface area contributed by atoms with Crippen LogP contribution in [-0.4, -0.2) is 18.7 Å². The van der Waals surface area contributed by atoms with Gasteiger partial charge < -0.3 is 9.47 Å². The number of carbonyl (C=O) groups is 1. The van der Waals surface area contributed by atoms with E-state index in [1.807, 2.05) is 37.3 Å². The summed E-state index contributed by atoms with van der Waals surface area (Å²) < 4.78 is 13.4. The number of ether oxygens (including phenoxy) is 2. The maximum absolute atomic E-state index is 12.3. The van der Waals surface area contributed by atoms with Crippen LogP contribution in [0.2, 0.25) is 10.0 Å². The molecular formula is C23H18Br2Cl2N2O3. The Kier molecular flexibility index (Phi) is 8.99. The Hall–Kier alpha value is -2.06. The van der Waals surface area contributed by atoms with Crippen LogP contribution in [-0.2, 0) is 6.61 Å². The summed E-state index contributed by atoms with van der Waals surface area (Å²) >= 11 is 18.8. The fraction of sp³-hybridized carbons (Fsp3) is 0.130. The van der Waals surface area contributed by atoms with E-state index in [4.69, 9.17) is 32.7 Å². The van der Waals surface area contributed by atoms with Crippen LogP contribution in [0.4, 0.5) is 0 Å². The molecule has 0 aliphatic heterocycles. The molecule has 3 aromatic carbocycles. The number of halogens is 4. The zero-order valence-electron chi connectivity index (χ0n) is 16.9. The van der Waals surface area contributed by atoms with Crippen molar-refractivity contribution in [2.75, 3.05) is 6.61 Å². The van der Waals surface area contributed by atoms with Gasteiger partial charge in [-0.15, -0.1) is 0 Å². The molecule has 0 saturated carbocycles. The van der Waals surface area contributed by atoms with E-state index in [0.717, 1.165) is 14.5 Å². The van der Waals surface area contributed by atoms with Crippen LogP contribution in [0.25, 0.3) is 0 Å². The van der Waals surface area contributed by atoms with Gasteiger partial charge in [0.25, 0.3) is 5.91 Å². The lowest BCUT2D eigenvalue weighted by Crippen LogP contribution is -2.17. The van der Waals surface area contributed by atoms with Crippen molar-refractivity contribution in [1.29, 1.82) is 0 Å². The molecule has 0 bridgehead atoms. The van der Waals surface area contributed by atoms with Gasteiger partial charge in [0, 0.05) is 20.1 Å². The number of nitrogens with zero attached hydrogens (tertiary/aromatic N) is 1. The van der Waals surface area contributed by atoms with Crippen molar-refractivity contribution in [3.05, 3.63) is 90.3 Å². The minimum Gasteiger partial charge on any atom is -0.490 e. The summed E-state index contributed by atoms with van der Waals surface area (Å²) in [5.41, 5.74) is 4.56. The monoisotopic (exact) mass is 598 g/mol. The number of amides is 1. The highest BCUT2D eigenvalue weighted by Gasteiger charge is 2.11. The molecule has 1 N–H and O–H groups in total. The maximum Gasteiger partial charge on any atom is 0.271 e. The predicted octanol–water partition coefficient (Wildman–Crippen LogP) is 7.26. The van der Waals surface area contributed by atoms with E-state index in [2.05, 4.69) is 42.4 Å². The second-order valence-corrected chi connectivity index (χ2v) is 9.08. The predicted molar refractivity (Wildman–Crippen MR) is 135 cm³/mol. The second kappa shape index (κ2) is 11.7. The number of hydrazone groups is 1. The van der Waals surface area contributed by atoms with Gasteiger partial charge in [0.05, 0.1) is 22.9 Å². The van der Waals surface area contributed by atoms with Gasteiger partial charge in [0.2, 0.25) is 0 Å². The molecule has 0 aromatic heterocycles. The smallest absolute Gasteiger partial charge is 0.271 e. The van der Waals surface area contributed by atoms with Crippen molar-refractivity contribution in [3.63, 3.8) is 0 Å². The van der Waals surface area contributed by atoms with Gasteiger partial charge in [-0.3, -0.25) is 4.79 Å². The Morgan fingerprint density at radius 3 is 2.41 bits per heavy atom. The number of benzene rings is 3. The van der Waals surface area contributed by atoms with Crippen molar-refractivity contribution < 1.29 is 14.3 Å². The summed E-state index contributed by atoms with van der Waals surface area (Å²) in [6, 6.07) is 16.1. The minimum atomic E-state index is -0.407. The zero-order valence-corrected chi connectivity index (χ0v) is 21.6. The van der Waals surface area contributed by atoms with Gasteiger partial charge in [-0.2, -0.15) is 5.10 Å². The number of carbonyl (C=O) groups excluding carboxylic acids is 1. The van der Waals surface area contributed by atoms with E-state index in [9.17, 15) is 4.79 Å². The molecule has 166 valence electrons.